The van der Waals surface area contributed by atoms with Crippen LogP contribution in [0.1, 0.15) is 41.5 Å². The van der Waals surface area contributed by atoms with E-state index >= 15 is 0 Å². The molecule has 0 amide bonds. The van der Waals surface area contributed by atoms with Gasteiger partial charge in [0.2, 0.25) is 0 Å². The maximum Gasteiger partial charge on any atom is 0.124 e. The molecule has 0 atom stereocenters. The highest BCUT2D eigenvalue weighted by atomic mass is 14.4. The second-order valence-corrected chi connectivity index (χ2v) is 5.11. The van der Waals surface area contributed by atoms with Gasteiger partial charge >= 0.3 is 0 Å². The molecule has 0 saturated heterocycles. The second-order valence-electron chi connectivity index (χ2n) is 5.11. The van der Waals surface area contributed by atoms with Crippen LogP contribution in [-0.2, 0) is 0 Å². The molecule has 11 heavy (non-hydrogen) atoms. The highest BCUT2D eigenvalue weighted by Gasteiger charge is 2.37. The molecule has 0 bridgehead atoms. The molecule has 0 N–H and O–H groups in total. The molecule has 0 aliphatic carbocycles. The molecule has 0 heterocycles. The zero-order valence-corrected chi connectivity index (χ0v) is 9.28. The molecular formula is C10H23B. The van der Waals surface area contributed by atoms with Crippen LogP contribution < -0.4 is 0 Å². The standard InChI is InChI=1S/C10H23B/c1-8(2)9(3,4)10(5,6)11-7/h8,11H,1-7H3. The minimum absolute atomic E-state index is 0.446. The molecule has 0 fully saturated rings. The van der Waals surface area contributed by atoms with Crippen LogP contribution in [0, 0.1) is 11.3 Å². The van der Waals surface area contributed by atoms with E-state index in [1.54, 1.807) is 0 Å². The van der Waals surface area contributed by atoms with Gasteiger partial charge in [0.1, 0.15) is 7.28 Å². The summed E-state index contributed by atoms with van der Waals surface area (Å²) in [6.07, 6.45) is 0. The van der Waals surface area contributed by atoms with Crippen molar-refractivity contribution in [2.24, 2.45) is 11.3 Å². The van der Waals surface area contributed by atoms with Crippen molar-refractivity contribution in [3.05, 3.63) is 0 Å². The van der Waals surface area contributed by atoms with Crippen LogP contribution >= 0.6 is 0 Å². The number of hydrogen-bond donors (Lipinski definition) is 0. The third-order valence-electron chi connectivity index (χ3n) is 4.07. The first-order valence-corrected chi connectivity index (χ1v) is 4.75. The predicted molar refractivity (Wildman–Crippen MR) is 55.7 cm³/mol. The Morgan fingerprint density at radius 2 is 1.36 bits per heavy atom. The van der Waals surface area contributed by atoms with Gasteiger partial charge in [-0.25, -0.2) is 0 Å². The Balaban J connectivity index is 4.53. The number of rotatable bonds is 3. The van der Waals surface area contributed by atoms with Crippen LogP contribution in [0.3, 0.4) is 0 Å². The lowest BCUT2D eigenvalue weighted by Gasteiger charge is -2.44. The Bertz CT molecular complexity index is 123. The monoisotopic (exact) mass is 154 g/mol. The summed E-state index contributed by atoms with van der Waals surface area (Å²) in [5, 5.41) is 0.459. The Labute approximate surface area is 73.0 Å². The summed E-state index contributed by atoms with van der Waals surface area (Å²) in [6, 6.07) is 0. The molecule has 0 radical (unpaired) electrons. The van der Waals surface area contributed by atoms with Crippen molar-refractivity contribution < 1.29 is 0 Å². The van der Waals surface area contributed by atoms with Crippen LogP contribution in [0.25, 0.3) is 0 Å². The molecule has 0 aliphatic heterocycles. The van der Waals surface area contributed by atoms with Crippen LogP contribution in [0.5, 0.6) is 0 Å². The average Bonchev–Trinajstić information content (AvgIpc) is 1.87. The molecule has 0 saturated carbocycles. The largest absolute Gasteiger partial charge is 0.124 e. The Kier molecular flexibility index (Phi) is 3.22. The molecule has 0 nitrogen and oxygen atoms in total. The third kappa shape index (κ3) is 2.01. The van der Waals surface area contributed by atoms with Gasteiger partial charge in [0.15, 0.2) is 0 Å². The molecule has 0 aromatic carbocycles. The molecule has 0 spiro atoms. The Morgan fingerprint density at radius 1 is 1.00 bits per heavy atom. The van der Waals surface area contributed by atoms with Gasteiger partial charge in [-0.3, -0.25) is 0 Å². The van der Waals surface area contributed by atoms with Gasteiger partial charge in [-0.05, 0) is 11.3 Å². The fourth-order valence-corrected chi connectivity index (χ4v) is 1.24. The smallest absolute Gasteiger partial charge is 0.0888 e. The summed E-state index contributed by atoms with van der Waals surface area (Å²) in [4.78, 5) is 0. The Morgan fingerprint density at radius 3 is 1.45 bits per heavy atom. The van der Waals surface area contributed by atoms with E-state index < -0.39 is 0 Å². The van der Waals surface area contributed by atoms with Crippen molar-refractivity contribution in [1.29, 1.82) is 0 Å². The number of hydrogen-bond acceptors (Lipinski definition) is 0. The van der Waals surface area contributed by atoms with Gasteiger partial charge in [0.05, 0.1) is 0 Å². The van der Waals surface area contributed by atoms with Crippen molar-refractivity contribution in [1.82, 2.24) is 0 Å². The van der Waals surface area contributed by atoms with E-state index in [2.05, 4.69) is 48.4 Å². The maximum atomic E-state index is 2.38. The first kappa shape index (κ1) is 11.1. The summed E-state index contributed by atoms with van der Waals surface area (Å²) >= 11 is 0. The fourth-order valence-electron chi connectivity index (χ4n) is 1.24. The van der Waals surface area contributed by atoms with E-state index in [4.69, 9.17) is 0 Å². The fraction of sp³-hybridized carbons (Fsp3) is 1.00. The molecular weight excluding hydrogens is 131 g/mol. The topological polar surface area (TPSA) is 0 Å². The molecule has 0 aromatic rings. The van der Waals surface area contributed by atoms with Gasteiger partial charge in [0, 0.05) is 0 Å². The van der Waals surface area contributed by atoms with Crippen molar-refractivity contribution >= 4 is 7.28 Å². The molecule has 66 valence electrons. The quantitative estimate of drug-likeness (QED) is 0.547. The lowest BCUT2D eigenvalue weighted by molar-refractivity contribution is 0.177. The maximum absolute atomic E-state index is 2.38. The second kappa shape index (κ2) is 3.20. The third-order valence-corrected chi connectivity index (χ3v) is 4.07. The van der Waals surface area contributed by atoms with Crippen molar-refractivity contribution in [3.8, 4) is 0 Å². The summed E-state index contributed by atoms with van der Waals surface area (Å²) < 4.78 is 0. The highest BCUT2D eigenvalue weighted by molar-refractivity contribution is 6.38. The molecule has 0 unspecified atom stereocenters. The average molecular weight is 154 g/mol. The molecule has 1 heteroatoms. The molecule has 0 aromatic heterocycles. The van der Waals surface area contributed by atoms with Crippen molar-refractivity contribution in [2.45, 2.75) is 53.7 Å². The molecule has 0 rings (SSSR count). The van der Waals surface area contributed by atoms with Crippen LogP contribution in [-0.4, -0.2) is 7.28 Å². The van der Waals surface area contributed by atoms with Gasteiger partial charge in [-0.2, -0.15) is 0 Å². The summed E-state index contributed by atoms with van der Waals surface area (Å²) in [5.74, 6) is 0.762. The van der Waals surface area contributed by atoms with Crippen LogP contribution in [0.15, 0.2) is 0 Å². The minimum atomic E-state index is 0.446. The zero-order valence-electron chi connectivity index (χ0n) is 9.28. The normalized spacial score (nSPS) is 13.8. The van der Waals surface area contributed by atoms with E-state index in [1.165, 1.54) is 7.28 Å². The van der Waals surface area contributed by atoms with Crippen LogP contribution in [0.2, 0.25) is 12.1 Å². The lowest BCUT2D eigenvalue weighted by Crippen LogP contribution is -2.34. The zero-order chi connectivity index (χ0) is 9.28. The summed E-state index contributed by atoms with van der Waals surface area (Å²) in [5.41, 5.74) is 0.446. The summed E-state index contributed by atoms with van der Waals surface area (Å²) in [7, 11) is 1.26. The van der Waals surface area contributed by atoms with Crippen molar-refractivity contribution in [2.75, 3.05) is 0 Å². The van der Waals surface area contributed by atoms with Gasteiger partial charge in [0.25, 0.3) is 0 Å². The van der Waals surface area contributed by atoms with Crippen molar-refractivity contribution in [3.63, 3.8) is 0 Å². The van der Waals surface area contributed by atoms with E-state index in [0.717, 1.165) is 5.92 Å². The SMILES string of the molecule is CBC(C)(C)C(C)(C)C(C)C. The predicted octanol–water partition coefficient (Wildman–Crippen LogP) is 3.35. The lowest BCUT2D eigenvalue weighted by atomic mass is 9.43. The highest BCUT2D eigenvalue weighted by Crippen LogP contribution is 2.48. The molecule has 0 aliphatic rings. The first-order chi connectivity index (χ1) is 4.75. The first-order valence-electron chi connectivity index (χ1n) is 4.75. The summed E-state index contributed by atoms with van der Waals surface area (Å²) in [6.45, 7) is 16.4. The van der Waals surface area contributed by atoms with E-state index in [1.807, 2.05) is 0 Å². The van der Waals surface area contributed by atoms with Crippen LogP contribution in [0.4, 0.5) is 0 Å². The minimum Gasteiger partial charge on any atom is -0.0888 e. The van der Waals surface area contributed by atoms with E-state index in [9.17, 15) is 0 Å². The van der Waals surface area contributed by atoms with Gasteiger partial charge in [-0.15, -0.1) is 0 Å². The van der Waals surface area contributed by atoms with E-state index in [-0.39, 0.29) is 0 Å². The van der Waals surface area contributed by atoms with Gasteiger partial charge in [-0.1, -0.05) is 53.7 Å². The van der Waals surface area contributed by atoms with Gasteiger partial charge < -0.3 is 0 Å². The van der Waals surface area contributed by atoms with E-state index in [0.29, 0.717) is 10.7 Å². The Hall–Kier alpha value is 0.0649.